The van der Waals surface area contributed by atoms with Crippen LogP contribution in [0.5, 0.6) is 0 Å². The Balaban J connectivity index is 1.49. The van der Waals surface area contributed by atoms with Gasteiger partial charge in [-0.25, -0.2) is 4.98 Å². The topological polar surface area (TPSA) is 51.0 Å². The van der Waals surface area contributed by atoms with E-state index >= 15 is 0 Å². The van der Waals surface area contributed by atoms with E-state index in [1.807, 2.05) is 6.20 Å². The Morgan fingerprint density at radius 1 is 0.923 bits per heavy atom. The van der Waals surface area contributed by atoms with E-state index in [0.29, 0.717) is 0 Å². The molecule has 0 radical (unpaired) electrons. The first kappa shape index (κ1) is 17.5. The van der Waals surface area contributed by atoms with Gasteiger partial charge in [-0.3, -0.25) is 4.90 Å². The molecule has 140 valence electrons. The first-order valence-electron chi connectivity index (χ1n) is 9.54. The predicted molar refractivity (Wildman–Crippen MR) is 99.4 cm³/mol. The minimum absolute atomic E-state index is 0.189. The molecule has 2 aromatic rings. The number of hydrogen-bond acceptors (Lipinski definition) is 6. The SMILES string of the molecule is c1ccc(CCC(c2ncc(N3CCOCC3)o2)N2CCOCC2)cc1. The van der Waals surface area contributed by atoms with Crippen molar-refractivity contribution < 1.29 is 13.9 Å². The molecule has 6 nitrogen and oxygen atoms in total. The zero-order chi connectivity index (χ0) is 17.6. The van der Waals surface area contributed by atoms with Crippen LogP contribution in [-0.4, -0.2) is 62.5 Å². The zero-order valence-corrected chi connectivity index (χ0v) is 15.2. The summed E-state index contributed by atoms with van der Waals surface area (Å²) in [5.41, 5.74) is 1.35. The normalized spacial score (nSPS) is 20.2. The molecule has 0 spiro atoms. The monoisotopic (exact) mass is 357 g/mol. The van der Waals surface area contributed by atoms with E-state index in [-0.39, 0.29) is 6.04 Å². The average Bonchev–Trinajstić information content (AvgIpc) is 3.20. The summed E-state index contributed by atoms with van der Waals surface area (Å²) in [7, 11) is 0. The van der Waals surface area contributed by atoms with Crippen LogP contribution in [0.4, 0.5) is 5.88 Å². The van der Waals surface area contributed by atoms with Gasteiger partial charge in [0.2, 0.25) is 11.8 Å². The number of nitrogens with zero attached hydrogens (tertiary/aromatic N) is 3. The number of oxazole rings is 1. The second-order valence-corrected chi connectivity index (χ2v) is 6.82. The van der Waals surface area contributed by atoms with Gasteiger partial charge in [0.25, 0.3) is 0 Å². The maximum absolute atomic E-state index is 6.20. The molecule has 0 aliphatic carbocycles. The lowest BCUT2D eigenvalue weighted by Gasteiger charge is -2.33. The van der Waals surface area contributed by atoms with Crippen LogP contribution in [0.2, 0.25) is 0 Å². The van der Waals surface area contributed by atoms with Crippen molar-refractivity contribution in [3.8, 4) is 0 Å². The summed E-state index contributed by atoms with van der Waals surface area (Å²) in [4.78, 5) is 9.31. The Bertz CT molecular complexity index is 664. The molecule has 2 saturated heterocycles. The van der Waals surface area contributed by atoms with Crippen LogP contribution >= 0.6 is 0 Å². The van der Waals surface area contributed by atoms with Gasteiger partial charge in [0.1, 0.15) is 0 Å². The molecule has 1 atom stereocenters. The quantitative estimate of drug-likeness (QED) is 0.792. The molecule has 0 bridgehead atoms. The predicted octanol–water partition coefficient (Wildman–Crippen LogP) is 2.52. The number of ether oxygens (including phenoxy) is 2. The summed E-state index contributed by atoms with van der Waals surface area (Å²) >= 11 is 0. The van der Waals surface area contributed by atoms with E-state index in [1.54, 1.807) is 0 Å². The molecule has 0 saturated carbocycles. The number of benzene rings is 1. The molecule has 2 fully saturated rings. The third kappa shape index (κ3) is 4.26. The highest BCUT2D eigenvalue weighted by Crippen LogP contribution is 2.29. The van der Waals surface area contributed by atoms with Crippen molar-refractivity contribution in [3.05, 3.63) is 48.0 Å². The van der Waals surface area contributed by atoms with Crippen LogP contribution in [0.25, 0.3) is 0 Å². The summed E-state index contributed by atoms with van der Waals surface area (Å²) in [6, 6.07) is 10.8. The highest BCUT2D eigenvalue weighted by atomic mass is 16.5. The van der Waals surface area contributed by atoms with Crippen molar-refractivity contribution in [2.75, 3.05) is 57.5 Å². The molecule has 4 rings (SSSR count). The molecule has 0 amide bonds. The van der Waals surface area contributed by atoms with Crippen molar-refractivity contribution in [1.29, 1.82) is 0 Å². The van der Waals surface area contributed by atoms with E-state index in [1.165, 1.54) is 5.56 Å². The van der Waals surface area contributed by atoms with Crippen molar-refractivity contribution in [3.63, 3.8) is 0 Å². The van der Waals surface area contributed by atoms with Gasteiger partial charge in [-0.1, -0.05) is 30.3 Å². The fourth-order valence-electron chi connectivity index (χ4n) is 3.66. The summed E-state index contributed by atoms with van der Waals surface area (Å²) < 4.78 is 17.2. The van der Waals surface area contributed by atoms with Gasteiger partial charge in [-0.2, -0.15) is 0 Å². The fourth-order valence-corrected chi connectivity index (χ4v) is 3.66. The van der Waals surface area contributed by atoms with Gasteiger partial charge in [0, 0.05) is 26.2 Å². The van der Waals surface area contributed by atoms with Crippen LogP contribution in [-0.2, 0) is 15.9 Å². The van der Waals surface area contributed by atoms with Crippen LogP contribution in [0.3, 0.4) is 0 Å². The minimum atomic E-state index is 0.189. The highest BCUT2D eigenvalue weighted by molar-refractivity contribution is 5.33. The Morgan fingerprint density at radius 3 is 2.35 bits per heavy atom. The molecule has 26 heavy (non-hydrogen) atoms. The van der Waals surface area contributed by atoms with Gasteiger partial charge < -0.3 is 18.8 Å². The molecular formula is C20H27N3O3. The number of aromatic nitrogens is 1. The zero-order valence-electron chi connectivity index (χ0n) is 15.2. The minimum Gasteiger partial charge on any atom is -0.423 e. The Labute approximate surface area is 154 Å². The van der Waals surface area contributed by atoms with Crippen LogP contribution in [0.15, 0.2) is 40.9 Å². The smallest absolute Gasteiger partial charge is 0.216 e. The largest absolute Gasteiger partial charge is 0.423 e. The third-order valence-corrected chi connectivity index (χ3v) is 5.15. The van der Waals surface area contributed by atoms with E-state index in [0.717, 1.165) is 77.2 Å². The van der Waals surface area contributed by atoms with Crippen LogP contribution < -0.4 is 4.90 Å². The number of hydrogen-bond donors (Lipinski definition) is 0. The molecule has 6 heteroatoms. The second-order valence-electron chi connectivity index (χ2n) is 6.82. The van der Waals surface area contributed by atoms with Crippen LogP contribution in [0, 0.1) is 0 Å². The molecule has 1 unspecified atom stereocenters. The molecule has 2 aliphatic rings. The maximum Gasteiger partial charge on any atom is 0.216 e. The molecule has 3 heterocycles. The Morgan fingerprint density at radius 2 is 1.62 bits per heavy atom. The van der Waals surface area contributed by atoms with E-state index in [2.05, 4.69) is 45.1 Å². The number of rotatable bonds is 6. The lowest BCUT2D eigenvalue weighted by atomic mass is 10.0. The highest BCUT2D eigenvalue weighted by Gasteiger charge is 2.27. The summed E-state index contributed by atoms with van der Waals surface area (Å²) in [6.45, 7) is 6.62. The van der Waals surface area contributed by atoms with Crippen molar-refractivity contribution in [2.24, 2.45) is 0 Å². The van der Waals surface area contributed by atoms with Crippen LogP contribution in [0.1, 0.15) is 23.9 Å². The molecule has 1 aromatic heterocycles. The second kappa shape index (κ2) is 8.66. The van der Waals surface area contributed by atoms with E-state index in [4.69, 9.17) is 13.9 Å². The fraction of sp³-hybridized carbons (Fsp3) is 0.550. The van der Waals surface area contributed by atoms with Gasteiger partial charge in [0.05, 0.1) is 38.7 Å². The molecular weight excluding hydrogens is 330 g/mol. The first-order chi connectivity index (χ1) is 12.9. The average molecular weight is 357 g/mol. The van der Waals surface area contributed by atoms with Crippen molar-refractivity contribution in [1.82, 2.24) is 9.88 Å². The van der Waals surface area contributed by atoms with Crippen molar-refractivity contribution >= 4 is 5.88 Å². The van der Waals surface area contributed by atoms with Gasteiger partial charge in [0.15, 0.2) is 0 Å². The third-order valence-electron chi connectivity index (χ3n) is 5.15. The Hall–Kier alpha value is -1.89. The molecule has 1 aromatic carbocycles. The molecule has 2 aliphatic heterocycles. The maximum atomic E-state index is 6.20. The van der Waals surface area contributed by atoms with Gasteiger partial charge >= 0.3 is 0 Å². The number of aryl methyl sites for hydroxylation is 1. The van der Waals surface area contributed by atoms with Crippen molar-refractivity contribution in [2.45, 2.75) is 18.9 Å². The summed E-state index contributed by atoms with van der Waals surface area (Å²) in [5.74, 6) is 1.69. The van der Waals surface area contributed by atoms with Gasteiger partial charge in [-0.05, 0) is 18.4 Å². The molecule has 0 N–H and O–H groups in total. The lowest BCUT2D eigenvalue weighted by Crippen LogP contribution is -2.39. The van der Waals surface area contributed by atoms with E-state index < -0.39 is 0 Å². The summed E-state index contributed by atoms with van der Waals surface area (Å²) in [5, 5.41) is 0. The summed E-state index contributed by atoms with van der Waals surface area (Å²) in [6.07, 6.45) is 3.88. The number of morpholine rings is 2. The Kier molecular flexibility index (Phi) is 5.84. The first-order valence-corrected chi connectivity index (χ1v) is 9.54. The standard InChI is InChI=1S/C20H27N3O3/c1-2-4-17(5-3-1)6-7-18(22-8-12-24-13-9-22)20-21-16-19(26-20)23-10-14-25-15-11-23/h1-5,16,18H,6-15H2. The van der Waals surface area contributed by atoms with Gasteiger partial charge in [-0.15, -0.1) is 0 Å². The lowest BCUT2D eigenvalue weighted by molar-refractivity contribution is 0.00843. The van der Waals surface area contributed by atoms with E-state index in [9.17, 15) is 0 Å². The number of anilines is 1.